The van der Waals surface area contributed by atoms with E-state index < -0.39 is 0 Å². The number of hydrogen-bond donors (Lipinski definition) is 0. The highest BCUT2D eigenvalue weighted by Crippen LogP contribution is 2.23. The Bertz CT molecular complexity index is 770. The summed E-state index contributed by atoms with van der Waals surface area (Å²) in [5.74, 6) is 0.525. The summed E-state index contributed by atoms with van der Waals surface area (Å²) in [6, 6.07) is 11.2. The van der Waals surface area contributed by atoms with Gasteiger partial charge in [0.25, 0.3) is 5.91 Å². The fraction of sp³-hybridized carbons (Fsp3) is 0.364. The van der Waals surface area contributed by atoms with Crippen LogP contribution in [0.4, 0.5) is 0 Å². The van der Waals surface area contributed by atoms with Crippen LogP contribution in [0.25, 0.3) is 0 Å². The molecule has 142 valence electrons. The van der Waals surface area contributed by atoms with E-state index in [0.29, 0.717) is 31.0 Å². The maximum atomic E-state index is 13.4. The molecule has 5 nitrogen and oxygen atoms in total. The van der Waals surface area contributed by atoms with E-state index in [-0.39, 0.29) is 12.0 Å². The number of aromatic nitrogens is 1. The third-order valence-corrected chi connectivity index (χ3v) is 4.45. The Morgan fingerprint density at radius 3 is 2.78 bits per heavy atom. The predicted octanol–water partition coefficient (Wildman–Crippen LogP) is 3.86. The number of carbonyl (C=O) groups is 1. The van der Waals surface area contributed by atoms with Crippen molar-refractivity contribution in [3.63, 3.8) is 0 Å². The van der Waals surface area contributed by atoms with Gasteiger partial charge in [0.2, 0.25) is 0 Å². The fourth-order valence-electron chi connectivity index (χ4n) is 3.10. The molecular formula is C22H26N2O3. The topological polar surface area (TPSA) is 51.7 Å². The molecule has 2 aromatic rings. The van der Waals surface area contributed by atoms with Crippen LogP contribution in [-0.2, 0) is 11.3 Å². The SMILES string of the molecule is C=C(C)COc1ccccc1C(=O)N(Cc1ccncc1)CC1CCCO1. The van der Waals surface area contributed by atoms with Gasteiger partial charge in [-0.15, -0.1) is 0 Å². The zero-order valence-corrected chi connectivity index (χ0v) is 15.8. The summed E-state index contributed by atoms with van der Waals surface area (Å²) in [7, 11) is 0. The largest absolute Gasteiger partial charge is 0.488 e. The van der Waals surface area contributed by atoms with Crippen LogP contribution in [0.5, 0.6) is 5.75 Å². The van der Waals surface area contributed by atoms with Crippen LogP contribution in [0.15, 0.2) is 60.9 Å². The third-order valence-electron chi connectivity index (χ3n) is 4.45. The molecule has 1 fully saturated rings. The minimum atomic E-state index is -0.0559. The first kappa shape index (κ1) is 19.1. The molecule has 0 bridgehead atoms. The van der Waals surface area contributed by atoms with Crippen molar-refractivity contribution in [2.24, 2.45) is 0 Å². The van der Waals surface area contributed by atoms with Crippen molar-refractivity contribution >= 4 is 5.91 Å². The van der Waals surface area contributed by atoms with Gasteiger partial charge in [0.05, 0.1) is 11.7 Å². The first-order valence-corrected chi connectivity index (χ1v) is 9.29. The minimum absolute atomic E-state index is 0.0559. The summed E-state index contributed by atoms with van der Waals surface area (Å²) in [6.45, 7) is 7.99. The lowest BCUT2D eigenvalue weighted by atomic mass is 10.1. The third kappa shape index (κ3) is 5.41. The molecule has 0 radical (unpaired) electrons. The van der Waals surface area contributed by atoms with E-state index in [1.165, 1.54) is 0 Å². The van der Waals surface area contributed by atoms with E-state index in [1.807, 2.05) is 48.2 Å². The second kappa shape index (κ2) is 9.33. The molecular weight excluding hydrogens is 340 g/mol. The van der Waals surface area contributed by atoms with Gasteiger partial charge in [-0.3, -0.25) is 9.78 Å². The zero-order valence-electron chi connectivity index (χ0n) is 15.8. The van der Waals surface area contributed by atoms with Gasteiger partial charge >= 0.3 is 0 Å². The Labute approximate surface area is 160 Å². The number of amides is 1. The number of nitrogens with zero attached hydrogens (tertiary/aromatic N) is 2. The monoisotopic (exact) mass is 366 g/mol. The number of hydrogen-bond acceptors (Lipinski definition) is 4. The van der Waals surface area contributed by atoms with Crippen LogP contribution in [0, 0.1) is 0 Å². The van der Waals surface area contributed by atoms with Gasteiger partial charge in [-0.2, -0.15) is 0 Å². The van der Waals surface area contributed by atoms with Crippen LogP contribution in [0.1, 0.15) is 35.7 Å². The van der Waals surface area contributed by atoms with Crippen molar-refractivity contribution in [2.45, 2.75) is 32.4 Å². The summed E-state index contributed by atoms with van der Waals surface area (Å²) >= 11 is 0. The van der Waals surface area contributed by atoms with Crippen LogP contribution in [0.3, 0.4) is 0 Å². The molecule has 1 aliphatic rings. The molecule has 2 heterocycles. The normalized spacial score (nSPS) is 16.1. The minimum Gasteiger partial charge on any atom is -0.488 e. The predicted molar refractivity (Wildman–Crippen MR) is 105 cm³/mol. The number of rotatable bonds is 8. The van der Waals surface area contributed by atoms with E-state index >= 15 is 0 Å². The van der Waals surface area contributed by atoms with Gasteiger partial charge in [-0.1, -0.05) is 18.7 Å². The summed E-state index contributed by atoms with van der Waals surface area (Å²) in [4.78, 5) is 19.3. The second-order valence-corrected chi connectivity index (χ2v) is 6.92. The molecule has 1 aromatic heterocycles. The van der Waals surface area contributed by atoms with Crippen molar-refractivity contribution < 1.29 is 14.3 Å². The lowest BCUT2D eigenvalue weighted by Crippen LogP contribution is -2.37. The molecule has 1 saturated heterocycles. The van der Waals surface area contributed by atoms with Gasteiger partial charge in [0.1, 0.15) is 12.4 Å². The molecule has 5 heteroatoms. The average Bonchev–Trinajstić information content (AvgIpc) is 3.19. The highest BCUT2D eigenvalue weighted by molar-refractivity contribution is 5.97. The molecule has 0 aliphatic carbocycles. The Balaban J connectivity index is 1.82. The van der Waals surface area contributed by atoms with Crippen LogP contribution >= 0.6 is 0 Å². The molecule has 0 N–H and O–H groups in total. The van der Waals surface area contributed by atoms with Crippen molar-refractivity contribution in [1.82, 2.24) is 9.88 Å². The number of carbonyl (C=O) groups excluding carboxylic acids is 1. The lowest BCUT2D eigenvalue weighted by Gasteiger charge is -2.26. The zero-order chi connectivity index (χ0) is 19.1. The number of benzene rings is 1. The first-order valence-electron chi connectivity index (χ1n) is 9.29. The van der Waals surface area contributed by atoms with Crippen LogP contribution in [0.2, 0.25) is 0 Å². The number of para-hydroxylation sites is 1. The first-order chi connectivity index (χ1) is 13.1. The van der Waals surface area contributed by atoms with Crippen molar-refractivity contribution in [3.8, 4) is 5.75 Å². The average molecular weight is 366 g/mol. The van der Waals surface area contributed by atoms with Crippen LogP contribution < -0.4 is 4.74 Å². The van der Waals surface area contributed by atoms with E-state index in [1.54, 1.807) is 12.4 Å². The van der Waals surface area contributed by atoms with Crippen LogP contribution in [-0.4, -0.2) is 41.7 Å². The molecule has 1 unspecified atom stereocenters. The van der Waals surface area contributed by atoms with Gasteiger partial charge in [-0.25, -0.2) is 0 Å². The maximum absolute atomic E-state index is 13.4. The summed E-state index contributed by atoms with van der Waals surface area (Å²) < 4.78 is 11.6. The molecule has 0 saturated carbocycles. The molecule has 27 heavy (non-hydrogen) atoms. The van der Waals surface area contributed by atoms with E-state index in [0.717, 1.165) is 30.6 Å². The molecule has 3 rings (SSSR count). The standard InChI is InChI=1S/C22H26N2O3/c1-17(2)16-27-21-8-4-3-7-20(21)22(25)24(15-19-6-5-13-26-19)14-18-9-11-23-12-10-18/h3-4,7-12,19H,1,5-6,13-16H2,2H3. The highest BCUT2D eigenvalue weighted by Gasteiger charge is 2.25. The molecule has 1 aromatic carbocycles. The molecule has 1 amide bonds. The smallest absolute Gasteiger partial charge is 0.258 e. The maximum Gasteiger partial charge on any atom is 0.258 e. The number of ether oxygens (including phenoxy) is 2. The summed E-state index contributed by atoms with van der Waals surface area (Å²) in [5.41, 5.74) is 2.51. The summed E-state index contributed by atoms with van der Waals surface area (Å²) in [6.07, 6.45) is 5.59. The van der Waals surface area contributed by atoms with Crippen molar-refractivity contribution in [3.05, 3.63) is 72.1 Å². The molecule has 1 atom stereocenters. The van der Waals surface area contributed by atoms with Gasteiger partial charge < -0.3 is 14.4 Å². The van der Waals surface area contributed by atoms with E-state index in [2.05, 4.69) is 11.6 Å². The van der Waals surface area contributed by atoms with Gasteiger partial charge in [-0.05, 0) is 55.2 Å². The van der Waals surface area contributed by atoms with Gasteiger partial charge in [0.15, 0.2) is 0 Å². The number of pyridine rings is 1. The Hall–Kier alpha value is -2.66. The quantitative estimate of drug-likeness (QED) is 0.666. The fourth-order valence-corrected chi connectivity index (χ4v) is 3.10. The summed E-state index contributed by atoms with van der Waals surface area (Å²) in [5, 5.41) is 0. The Kier molecular flexibility index (Phi) is 6.60. The Morgan fingerprint density at radius 1 is 1.30 bits per heavy atom. The lowest BCUT2D eigenvalue weighted by molar-refractivity contribution is 0.0504. The highest BCUT2D eigenvalue weighted by atomic mass is 16.5. The van der Waals surface area contributed by atoms with Crippen molar-refractivity contribution in [1.29, 1.82) is 0 Å². The van der Waals surface area contributed by atoms with Crippen molar-refractivity contribution in [2.75, 3.05) is 19.8 Å². The van der Waals surface area contributed by atoms with E-state index in [4.69, 9.17) is 9.47 Å². The second-order valence-electron chi connectivity index (χ2n) is 6.92. The Morgan fingerprint density at radius 2 is 2.07 bits per heavy atom. The van der Waals surface area contributed by atoms with E-state index in [9.17, 15) is 4.79 Å². The molecule has 0 spiro atoms. The van der Waals surface area contributed by atoms with Gasteiger partial charge in [0, 0.05) is 32.1 Å². The molecule has 1 aliphatic heterocycles.